The second-order valence-electron chi connectivity index (χ2n) is 6.64. The normalized spacial score (nSPS) is 12.7. The van der Waals surface area contributed by atoms with Gasteiger partial charge in [-0.2, -0.15) is 4.47 Å². The maximum absolute atomic E-state index is 14.4. The Bertz CT molecular complexity index is 1230. The summed E-state index contributed by atoms with van der Waals surface area (Å²) >= 11 is 0. The molecule has 0 radical (unpaired) electrons. The van der Waals surface area contributed by atoms with E-state index in [1.165, 1.54) is 32.6 Å². The van der Waals surface area contributed by atoms with Crippen molar-refractivity contribution in [1.29, 1.82) is 0 Å². The summed E-state index contributed by atoms with van der Waals surface area (Å²) in [7, 11) is 0.245. The monoisotopic (exact) mass is 449 g/mol. The summed E-state index contributed by atoms with van der Waals surface area (Å²) < 4.78 is 54.1. The first-order chi connectivity index (χ1) is 14.7. The van der Waals surface area contributed by atoms with Crippen molar-refractivity contribution in [3.05, 3.63) is 59.8 Å². The number of ether oxygens (including phenoxy) is 2. The lowest BCUT2D eigenvalue weighted by molar-refractivity contribution is 0.412. The Labute approximate surface area is 178 Å². The number of anilines is 2. The molecule has 3 aromatic rings. The molecule has 0 aliphatic heterocycles. The van der Waals surface area contributed by atoms with Crippen LogP contribution in [0.2, 0.25) is 0 Å². The molecule has 1 atom stereocenters. The van der Waals surface area contributed by atoms with Crippen molar-refractivity contribution in [1.82, 2.24) is 9.97 Å². The molecule has 11 heteroatoms. The Hall–Kier alpha value is -3.31. The van der Waals surface area contributed by atoms with Gasteiger partial charge in [0.15, 0.2) is 5.82 Å². The molecule has 0 amide bonds. The number of nitrogens with one attached hydrogen (secondary N) is 1. The van der Waals surface area contributed by atoms with Crippen molar-refractivity contribution in [3.63, 3.8) is 0 Å². The minimum atomic E-state index is -2.60. The number of benzene rings is 2. The van der Waals surface area contributed by atoms with Gasteiger partial charge in [-0.1, -0.05) is 0 Å². The number of rotatable bonds is 7. The third kappa shape index (κ3) is 5.44. The summed E-state index contributed by atoms with van der Waals surface area (Å²) in [6, 6.07) is 8.79. The molecule has 0 aliphatic rings. The smallest absolute Gasteiger partial charge is 0.227 e. The van der Waals surface area contributed by atoms with E-state index in [1.807, 2.05) is 0 Å². The highest BCUT2D eigenvalue weighted by molar-refractivity contribution is 7.92. The van der Waals surface area contributed by atoms with Gasteiger partial charge in [-0.05, 0) is 29.8 Å². The zero-order valence-corrected chi connectivity index (χ0v) is 17.9. The molecule has 0 bridgehead atoms. The fourth-order valence-electron chi connectivity index (χ4n) is 2.89. The minimum Gasteiger partial charge on any atom is -0.497 e. The fourth-order valence-corrected chi connectivity index (χ4v) is 3.75. The van der Waals surface area contributed by atoms with E-state index in [0.29, 0.717) is 17.0 Å². The van der Waals surface area contributed by atoms with Crippen LogP contribution < -0.4 is 20.6 Å². The molecule has 3 rings (SSSR count). The molecule has 0 spiro atoms. The maximum Gasteiger partial charge on any atom is 0.227 e. The lowest BCUT2D eigenvalue weighted by atomic mass is 10.1. The number of hydrogen-bond donors (Lipinski definition) is 2. The average Bonchev–Trinajstić information content (AvgIpc) is 2.74. The number of halogens is 2. The number of aromatic nitrogens is 2. The molecule has 31 heavy (non-hydrogen) atoms. The van der Waals surface area contributed by atoms with Gasteiger partial charge in [0.1, 0.15) is 23.0 Å². The van der Waals surface area contributed by atoms with Gasteiger partial charge in [-0.15, -0.1) is 0 Å². The topological polar surface area (TPSA) is 112 Å². The predicted molar refractivity (Wildman–Crippen MR) is 115 cm³/mol. The van der Waals surface area contributed by atoms with Crippen LogP contribution in [0.4, 0.5) is 20.4 Å². The van der Waals surface area contributed by atoms with E-state index in [1.54, 1.807) is 18.2 Å². The predicted octanol–water partition coefficient (Wildman–Crippen LogP) is 3.65. The summed E-state index contributed by atoms with van der Waals surface area (Å²) in [5.41, 5.74) is 1.39. The second-order valence-corrected chi connectivity index (χ2v) is 9.06. The maximum atomic E-state index is 14.4. The van der Waals surface area contributed by atoms with Crippen LogP contribution in [0.3, 0.4) is 0 Å². The van der Waals surface area contributed by atoms with Crippen LogP contribution in [-0.4, -0.2) is 34.7 Å². The van der Waals surface area contributed by atoms with E-state index in [0.717, 1.165) is 12.3 Å². The van der Waals surface area contributed by atoms with Gasteiger partial charge in [0.05, 0.1) is 35.9 Å². The molecule has 8 nitrogen and oxygen atoms in total. The summed E-state index contributed by atoms with van der Waals surface area (Å²) in [6.07, 6.45) is 2.45. The summed E-state index contributed by atoms with van der Waals surface area (Å²) in [6.45, 7) is 0. The van der Waals surface area contributed by atoms with Gasteiger partial charge < -0.3 is 14.8 Å². The van der Waals surface area contributed by atoms with Crippen LogP contribution in [0.1, 0.15) is 5.56 Å². The van der Waals surface area contributed by atoms with Gasteiger partial charge in [0.25, 0.3) is 0 Å². The zero-order valence-electron chi connectivity index (χ0n) is 17.1. The SMILES string of the molecule is COc1cc(CS(C)(=O)=NN)cc(Nc2ncc(F)c(-c3ccc(F)cc3OC)n2)c1. The van der Waals surface area contributed by atoms with Gasteiger partial charge in [0.2, 0.25) is 5.95 Å². The van der Waals surface area contributed by atoms with Gasteiger partial charge in [-0.3, -0.25) is 0 Å². The van der Waals surface area contributed by atoms with E-state index < -0.39 is 21.4 Å². The van der Waals surface area contributed by atoms with Crippen LogP contribution >= 0.6 is 0 Å². The molecule has 164 valence electrons. The van der Waals surface area contributed by atoms with Gasteiger partial charge >= 0.3 is 0 Å². The zero-order chi connectivity index (χ0) is 22.6. The molecule has 0 saturated carbocycles. The number of methoxy groups -OCH3 is 2. The molecule has 0 fully saturated rings. The Morgan fingerprint density at radius 2 is 1.94 bits per heavy atom. The van der Waals surface area contributed by atoms with E-state index in [2.05, 4.69) is 19.8 Å². The number of hydrogen-bond acceptors (Lipinski definition) is 7. The molecular weight excluding hydrogens is 428 g/mol. The van der Waals surface area contributed by atoms with Crippen LogP contribution in [0.25, 0.3) is 11.3 Å². The van der Waals surface area contributed by atoms with Crippen molar-refractivity contribution >= 4 is 21.4 Å². The van der Waals surface area contributed by atoms with Crippen molar-refractivity contribution < 1.29 is 22.5 Å². The van der Waals surface area contributed by atoms with Crippen LogP contribution in [0.15, 0.2) is 47.1 Å². The average molecular weight is 449 g/mol. The largest absolute Gasteiger partial charge is 0.497 e. The van der Waals surface area contributed by atoms with Crippen molar-refractivity contribution in [3.8, 4) is 22.8 Å². The molecule has 1 heterocycles. The highest BCUT2D eigenvalue weighted by Gasteiger charge is 2.16. The first-order valence-electron chi connectivity index (χ1n) is 8.95. The number of nitrogens with zero attached hydrogens (tertiary/aromatic N) is 3. The van der Waals surface area contributed by atoms with Crippen LogP contribution in [0.5, 0.6) is 11.5 Å². The Kier molecular flexibility index (Phi) is 6.66. The fraction of sp³-hybridized carbons (Fsp3) is 0.200. The highest BCUT2D eigenvalue weighted by atomic mass is 32.2. The lowest BCUT2D eigenvalue weighted by Crippen LogP contribution is -2.06. The molecule has 0 saturated heterocycles. The first kappa shape index (κ1) is 22.4. The number of nitrogens with two attached hydrogens (primary N) is 1. The molecule has 3 N–H and O–H groups in total. The standard InChI is InChI=1S/C20H21F2N5O3S/c1-29-15-7-12(11-31(3,28)27-23)6-14(9-15)25-20-24-10-17(22)19(26-20)16-5-4-13(21)8-18(16)30-2/h4-10H,11,23H2,1-3H3,(H,24,25,26). The summed E-state index contributed by atoms with van der Waals surface area (Å²) in [4.78, 5) is 8.18. The molecule has 0 aliphatic carbocycles. The van der Waals surface area contributed by atoms with Gasteiger partial charge in [-0.25, -0.2) is 28.8 Å². The first-order valence-corrected chi connectivity index (χ1v) is 11.0. The quantitative estimate of drug-likeness (QED) is 0.418. The van der Waals surface area contributed by atoms with Crippen molar-refractivity contribution in [2.24, 2.45) is 10.3 Å². The lowest BCUT2D eigenvalue weighted by Gasteiger charge is -2.13. The van der Waals surface area contributed by atoms with E-state index in [9.17, 15) is 13.0 Å². The highest BCUT2D eigenvalue weighted by Crippen LogP contribution is 2.32. The molecule has 1 aromatic heterocycles. The van der Waals surface area contributed by atoms with E-state index in [-0.39, 0.29) is 28.7 Å². The summed E-state index contributed by atoms with van der Waals surface area (Å²) in [5, 5.41) is 2.97. The summed E-state index contributed by atoms with van der Waals surface area (Å²) in [5.74, 6) is 4.83. The van der Waals surface area contributed by atoms with Crippen molar-refractivity contribution in [2.45, 2.75) is 5.75 Å². The van der Waals surface area contributed by atoms with Crippen LogP contribution in [-0.2, 0) is 15.5 Å². The van der Waals surface area contributed by atoms with E-state index in [4.69, 9.17) is 15.3 Å². The van der Waals surface area contributed by atoms with Gasteiger partial charge in [0, 0.05) is 29.6 Å². The molecular formula is C20H21F2N5O3S. The Morgan fingerprint density at radius 3 is 2.61 bits per heavy atom. The third-order valence-electron chi connectivity index (χ3n) is 4.28. The Morgan fingerprint density at radius 1 is 1.16 bits per heavy atom. The molecule has 1 unspecified atom stereocenters. The van der Waals surface area contributed by atoms with Crippen molar-refractivity contribution in [2.75, 3.05) is 25.8 Å². The minimum absolute atomic E-state index is 0.0593. The second kappa shape index (κ2) is 9.23. The Balaban J connectivity index is 1.99. The van der Waals surface area contributed by atoms with E-state index >= 15 is 0 Å². The van der Waals surface area contributed by atoms with Crippen LogP contribution in [0, 0.1) is 11.6 Å². The third-order valence-corrected chi connectivity index (χ3v) is 5.59. The molecule has 2 aromatic carbocycles.